The highest BCUT2D eigenvalue weighted by Gasteiger charge is 2.27. The maximum atomic E-state index is 12.2. The largest absolute Gasteiger partial charge is 0.277 e. The van der Waals surface area contributed by atoms with Gasteiger partial charge >= 0.3 is 0 Å². The number of anilines is 1. The molecule has 0 bridgehead atoms. The molecule has 0 aromatic heterocycles. The van der Waals surface area contributed by atoms with Crippen molar-refractivity contribution in [1.82, 2.24) is 0 Å². The molecular formula is C17H12BrNO. The first-order chi connectivity index (χ1) is 9.66. The standard InChI is InChI=1S/C17H12BrNO/c1-12-16(13-7-9-14(18)10-8-13)11-17(20)19(12)15-5-3-2-4-6-15/h2-11H,1H2. The molecule has 3 heteroatoms. The molecule has 2 aromatic rings. The number of hydrogen-bond donors (Lipinski definition) is 0. The molecule has 1 heterocycles. The lowest BCUT2D eigenvalue weighted by atomic mass is 10.1. The Hall–Kier alpha value is -2.13. The number of hydrogen-bond acceptors (Lipinski definition) is 1. The Labute approximate surface area is 126 Å². The van der Waals surface area contributed by atoms with Crippen LogP contribution in [0.1, 0.15) is 5.56 Å². The highest BCUT2D eigenvalue weighted by molar-refractivity contribution is 9.10. The first-order valence-electron chi connectivity index (χ1n) is 6.23. The summed E-state index contributed by atoms with van der Waals surface area (Å²) >= 11 is 3.41. The van der Waals surface area contributed by atoms with Gasteiger partial charge in [-0.2, -0.15) is 0 Å². The maximum Gasteiger partial charge on any atom is 0.256 e. The minimum atomic E-state index is -0.0564. The van der Waals surface area contributed by atoms with Crippen LogP contribution in [-0.2, 0) is 4.79 Å². The lowest BCUT2D eigenvalue weighted by Gasteiger charge is -2.19. The summed E-state index contributed by atoms with van der Waals surface area (Å²) in [5.74, 6) is -0.0564. The van der Waals surface area contributed by atoms with Crippen molar-refractivity contribution in [3.05, 3.63) is 83.0 Å². The molecule has 0 N–H and O–H groups in total. The van der Waals surface area contributed by atoms with Gasteiger partial charge in [-0.3, -0.25) is 9.69 Å². The van der Waals surface area contributed by atoms with Crippen molar-refractivity contribution in [3.63, 3.8) is 0 Å². The van der Waals surface area contributed by atoms with Crippen LogP contribution in [-0.4, -0.2) is 5.91 Å². The molecule has 20 heavy (non-hydrogen) atoms. The van der Waals surface area contributed by atoms with Gasteiger partial charge in [0, 0.05) is 21.8 Å². The molecule has 0 radical (unpaired) electrons. The first-order valence-corrected chi connectivity index (χ1v) is 7.02. The monoisotopic (exact) mass is 325 g/mol. The summed E-state index contributed by atoms with van der Waals surface area (Å²) in [5.41, 5.74) is 3.41. The fraction of sp³-hybridized carbons (Fsp3) is 0. The number of halogens is 1. The van der Waals surface area contributed by atoms with E-state index in [0.29, 0.717) is 5.70 Å². The molecule has 0 atom stereocenters. The highest BCUT2D eigenvalue weighted by atomic mass is 79.9. The van der Waals surface area contributed by atoms with Gasteiger partial charge in [0.2, 0.25) is 0 Å². The molecule has 1 aliphatic rings. The van der Waals surface area contributed by atoms with Gasteiger partial charge in [-0.05, 0) is 29.8 Å². The van der Waals surface area contributed by atoms with Crippen molar-refractivity contribution in [2.24, 2.45) is 0 Å². The van der Waals surface area contributed by atoms with E-state index in [9.17, 15) is 4.79 Å². The third-order valence-corrected chi connectivity index (χ3v) is 3.77. The zero-order valence-corrected chi connectivity index (χ0v) is 12.3. The van der Waals surface area contributed by atoms with Crippen LogP contribution in [0.5, 0.6) is 0 Å². The van der Waals surface area contributed by atoms with Crippen molar-refractivity contribution in [2.45, 2.75) is 0 Å². The van der Waals surface area contributed by atoms with Crippen LogP contribution in [0.3, 0.4) is 0 Å². The number of amides is 1. The fourth-order valence-corrected chi connectivity index (χ4v) is 2.53. The van der Waals surface area contributed by atoms with E-state index in [1.54, 1.807) is 11.0 Å². The maximum absolute atomic E-state index is 12.2. The van der Waals surface area contributed by atoms with E-state index < -0.39 is 0 Å². The Kier molecular flexibility index (Phi) is 3.28. The highest BCUT2D eigenvalue weighted by Crippen LogP contribution is 2.34. The summed E-state index contributed by atoms with van der Waals surface area (Å²) in [7, 11) is 0. The van der Waals surface area contributed by atoms with Gasteiger partial charge < -0.3 is 0 Å². The topological polar surface area (TPSA) is 20.3 Å². The molecule has 0 saturated carbocycles. The molecule has 98 valence electrons. The van der Waals surface area contributed by atoms with Gasteiger partial charge in [0.25, 0.3) is 5.91 Å². The van der Waals surface area contributed by atoms with E-state index in [0.717, 1.165) is 21.3 Å². The quantitative estimate of drug-likeness (QED) is 0.801. The Morgan fingerprint density at radius 3 is 2.25 bits per heavy atom. The van der Waals surface area contributed by atoms with Crippen LogP contribution in [0.15, 0.2) is 77.4 Å². The van der Waals surface area contributed by atoms with Crippen molar-refractivity contribution in [3.8, 4) is 0 Å². The second-order valence-corrected chi connectivity index (χ2v) is 5.44. The van der Waals surface area contributed by atoms with Crippen molar-refractivity contribution >= 4 is 33.1 Å². The average Bonchev–Trinajstić information content (AvgIpc) is 2.76. The van der Waals surface area contributed by atoms with Crippen LogP contribution in [0, 0.1) is 0 Å². The lowest BCUT2D eigenvalue weighted by Crippen LogP contribution is -2.22. The van der Waals surface area contributed by atoms with Crippen LogP contribution in [0.25, 0.3) is 5.57 Å². The predicted octanol–water partition coefficient (Wildman–Crippen LogP) is 4.39. The second-order valence-electron chi connectivity index (χ2n) is 4.52. The number of nitrogens with zero attached hydrogens (tertiary/aromatic N) is 1. The first kappa shape index (κ1) is 12.9. The number of carbonyl (C=O) groups is 1. The summed E-state index contributed by atoms with van der Waals surface area (Å²) in [4.78, 5) is 13.9. The number of rotatable bonds is 2. The van der Waals surface area contributed by atoms with Crippen LogP contribution in [0.4, 0.5) is 5.69 Å². The van der Waals surface area contributed by atoms with Crippen LogP contribution in [0.2, 0.25) is 0 Å². The molecule has 3 rings (SSSR count). The summed E-state index contributed by atoms with van der Waals surface area (Å²) in [6, 6.07) is 17.4. The van der Waals surface area contributed by atoms with Gasteiger partial charge in [0.1, 0.15) is 0 Å². The van der Waals surface area contributed by atoms with Gasteiger partial charge in [-0.15, -0.1) is 0 Å². The van der Waals surface area contributed by atoms with E-state index in [1.165, 1.54) is 0 Å². The van der Waals surface area contributed by atoms with E-state index >= 15 is 0 Å². The van der Waals surface area contributed by atoms with E-state index in [2.05, 4.69) is 22.5 Å². The molecule has 0 spiro atoms. The molecule has 0 aliphatic carbocycles. The summed E-state index contributed by atoms with van der Waals surface area (Å²) in [6.45, 7) is 4.07. The molecular weight excluding hydrogens is 314 g/mol. The van der Waals surface area contributed by atoms with Crippen LogP contribution < -0.4 is 4.90 Å². The second kappa shape index (κ2) is 5.10. The van der Waals surface area contributed by atoms with Crippen molar-refractivity contribution in [2.75, 3.05) is 4.90 Å². The Morgan fingerprint density at radius 2 is 1.60 bits per heavy atom. The normalized spacial score (nSPS) is 14.7. The average molecular weight is 326 g/mol. The SMILES string of the molecule is C=C1C(c2ccc(Br)cc2)=CC(=O)N1c1ccccc1. The Bertz CT molecular complexity index is 702. The summed E-state index contributed by atoms with van der Waals surface area (Å²) < 4.78 is 1.01. The zero-order chi connectivity index (χ0) is 14.1. The minimum absolute atomic E-state index is 0.0564. The number of para-hydroxylation sites is 1. The molecule has 2 aromatic carbocycles. The van der Waals surface area contributed by atoms with Crippen molar-refractivity contribution in [1.29, 1.82) is 0 Å². The molecule has 1 amide bonds. The third kappa shape index (κ3) is 2.21. The molecule has 0 unspecified atom stereocenters. The van der Waals surface area contributed by atoms with E-state index in [-0.39, 0.29) is 5.91 Å². The number of allylic oxidation sites excluding steroid dienone is 1. The number of benzene rings is 2. The van der Waals surface area contributed by atoms with Gasteiger partial charge in [0.15, 0.2) is 0 Å². The van der Waals surface area contributed by atoms with Gasteiger partial charge in [-0.1, -0.05) is 52.8 Å². The number of carbonyl (C=O) groups excluding carboxylic acids is 1. The van der Waals surface area contributed by atoms with Crippen molar-refractivity contribution < 1.29 is 4.79 Å². The molecule has 2 nitrogen and oxygen atoms in total. The summed E-state index contributed by atoms with van der Waals surface area (Å²) in [5, 5.41) is 0. The lowest BCUT2D eigenvalue weighted by molar-refractivity contribution is -0.113. The third-order valence-electron chi connectivity index (χ3n) is 3.24. The molecule has 0 fully saturated rings. The van der Waals surface area contributed by atoms with Gasteiger partial charge in [-0.25, -0.2) is 0 Å². The van der Waals surface area contributed by atoms with E-state index in [1.807, 2.05) is 54.6 Å². The predicted molar refractivity (Wildman–Crippen MR) is 85.2 cm³/mol. The molecule has 1 aliphatic heterocycles. The Balaban J connectivity index is 1.97. The van der Waals surface area contributed by atoms with Gasteiger partial charge in [0.05, 0.1) is 5.70 Å². The minimum Gasteiger partial charge on any atom is -0.277 e. The Morgan fingerprint density at radius 1 is 0.950 bits per heavy atom. The summed E-state index contributed by atoms with van der Waals surface area (Å²) in [6.07, 6.45) is 1.64. The molecule has 0 saturated heterocycles. The van der Waals surface area contributed by atoms with Crippen LogP contribution >= 0.6 is 15.9 Å². The smallest absolute Gasteiger partial charge is 0.256 e. The van der Waals surface area contributed by atoms with E-state index in [4.69, 9.17) is 0 Å². The fourth-order valence-electron chi connectivity index (χ4n) is 2.26. The zero-order valence-electron chi connectivity index (χ0n) is 10.7.